The number of piperidine rings is 2. The fourth-order valence-corrected chi connectivity index (χ4v) is 3.79. The molecule has 0 radical (unpaired) electrons. The Kier molecular flexibility index (Phi) is 5.46. The Labute approximate surface area is 113 Å². The van der Waals surface area contributed by atoms with Crippen LogP contribution in [0.4, 0.5) is 0 Å². The second-order valence-corrected chi connectivity index (χ2v) is 6.23. The molecular formula is C15H31N3. The first-order valence-electron chi connectivity index (χ1n) is 7.96. The van der Waals surface area contributed by atoms with Crippen molar-refractivity contribution in [3.8, 4) is 0 Å². The highest BCUT2D eigenvalue weighted by molar-refractivity contribution is 4.89. The number of rotatable bonds is 4. The van der Waals surface area contributed by atoms with Crippen LogP contribution in [-0.4, -0.2) is 54.1 Å². The lowest BCUT2D eigenvalue weighted by Crippen LogP contribution is -2.55. The summed E-state index contributed by atoms with van der Waals surface area (Å²) in [7, 11) is 0. The minimum Gasteiger partial charge on any atom is -0.327 e. The molecule has 2 atom stereocenters. The van der Waals surface area contributed by atoms with Gasteiger partial charge < -0.3 is 10.6 Å². The fourth-order valence-electron chi connectivity index (χ4n) is 3.79. The van der Waals surface area contributed by atoms with Crippen LogP contribution in [-0.2, 0) is 0 Å². The van der Waals surface area contributed by atoms with Crippen molar-refractivity contribution in [2.24, 2.45) is 5.73 Å². The highest BCUT2D eigenvalue weighted by Crippen LogP contribution is 2.26. The molecule has 18 heavy (non-hydrogen) atoms. The lowest BCUT2D eigenvalue weighted by atomic mass is 9.92. The van der Waals surface area contributed by atoms with Crippen LogP contribution >= 0.6 is 0 Å². The maximum absolute atomic E-state index is 6.19. The van der Waals surface area contributed by atoms with Crippen molar-refractivity contribution in [3.05, 3.63) is 0 Å². The van der Waals surface area contributed by atoms with Crippen molar-refractivity contribution in [1.82, 2.24) is 9.80 Å². The second kappa shape index (κ2) is 6.88. The maximum Gasteiger partial charge on any atom is 0.0247 e. The Morgan fingerprint density at radius 2 is 1.83 bits per heavy atom. The number of nitrogens with zero attached hydrogens (tertiary/aromatic N) is 2. The first-order valence-corrected chi connectivity index (χ1v) is 7.96. The lowest BCUT2D eigenvalue weighted by molar-refractivity contribution is 0.0419. The van der Waals surface area contributed by atoms with Crippen LogP contribution in [0.1, 0.15) is 52.4 Å². The highest BCUT2D eigenvalue weighted by atomic mass is 15.2. The summed E-state index contributed by atoms with van der Waals surface area (Å²) in [4.78, 5) is 5.37. The Morgan fingerprint density at radius 3 is 2.44 bits per heavy atom. The van der Waals surface area contributed by atoms with Crippen molar-refractivity contribution < 1.29 is 0 Å². The summed E-state index contributed by atoms with van der Waals surface area (Å²) < 4.78 is 0. The maximum atomic E-state index is 6.19. The Morgan fingerprint density at radius 1 is 1.11 bits per heavy atom. The van der Waals surface area contributed by atoms with E-state index >= 15 is 0 Å². The van der Waals surface area contributed by atoms with Crippen molar-refractivity contribution in [3.63, 3.8) is 0 Å². The van der Waals surface area contributed by atoms with Gasteiger partial charge in [-0.25, -0.2) is 0 Å². The molecule has 3 nitrogen and oxygen atoms in total. The standard InChI is InChI=1S/C15H31N3/c1-3-9-17-11-7-14(8-12-17)18-10-5-4-6-15(18)13(2)16/h13-15H,3-12,16H2,1-2H3. The average molecular weight is 253 g/mol. The van der Waals surface area contributed by atoms with Gasteiger partial charge in [0, 0.05) is 18.1 Å². The van der Waals surface area contributed by atoms with Crippen LogP contribution in [0, 0.1) is 0 Å². The zero-order valence-electron chi connectivity index (χ0n) is 12.3. The molecule has 0 aromatic carbocycles. The van der Waals surface area contributed by atoms with Crippen LogP contribution in [0.25, 0.3) is 0 Å². The van der Waals surface area contributed by atoms with E-state index in [1.165, 1.54) is 64.7 Å². The van der Waals surface area contributed by atoms with Crippen LogP contribution in [0.3, 0.4) is 0 Å². The molecule has 2 aliphatic heterocycles. The predicted octanol–water partition coefficient (Wildman–Crippen LogP) is 2.06. The molecule has 2 saturated heterocycles. The van der Waals surface area contributed by atoms with Gasteiger partial charge in [-0.1, -0.05) is 13.3 Å². The van der Waals surface area contributed by atoms with E-state index in [0.717, 1.165) is 6.04 Å². The number of hydrogen-bond donors (Lipinski definition) is 1. The third kappa shape index (κ3) is 3.46. The minimum absolute atomic E-state index is 0.332. The number of hydrogen-bond acceptors (Lipinski definition) is 3. The Bertz CT molecular complexity index is 234. The van der Waals surface area contributed by atoms with E-state index in [2.05, 4.69) is 23.6 Å². The fraction of sp³-hybridized carbons (Fsp3) is 1.00. The van der Waals surface area contributed by atoms with E-state index in [1.54, 1.807) is 0 Å². The van der Waals surface area contributed by atoms with Crippen LogP contribution in [0.15, 0.2) is 0 Å². The van der Waals surface area contributed by atoms with Crippen molar-refractivity contribution in [1.29, 1.82) is 0 Å². The van der Waals surface area contributed by atoms with Crippen molar-refractivity contribution in [2.75, 3.05) is 26.2 Å². The molecule has 2 N–H and O–H groups in total. The lowest BCUT2D eigenvalue weighted by Gasteiger charge is -2.46. The average Bonchev–Trinajstić information content (AvgIpc) is 2.40. The predicted molar refractivity (Wildman–Crippen MR) is 77.7 cm³/mol. The Balaban J connectivity index is 1.87. The SMILES string of the molecule is CCCN1CCC(N2CCCCC2C(C)N)CC1. The van der Waals surface area contributed by atoms with Gasteiger partial charge in [-0.2, -0.15) is 0 Å². The summed E-state index contributed by atoms with van der Waals surface area (Å²) in [6, 6.07) is 1.77. The van der Waals surface area contributed by atoms with Crippen molar-refractivity contribution in [2.45, 2.75) is 70.5 Å². The number of nitrogens with two attached hydrogens (primary N) is 1. The summed E-state index contributed by atoms with van der Waals surface area (Å²) >= 11 is 0. The van der Waals surface area contributed by atoms with Gasteiger partial charge in [0.2, 0.25) is 0 Å². The van der Waals surface area contributed by atoms with Gasteiger partial charge >= 0.3 is 0 Å². The minimum atomic E-state index is 0.332. The summed E-state index contributed by atoms with van der Waals surface area (Å²) in [6.45, 7) is 9.62. The van der Waals surface area contributed by atoms with E-state index in [9.17, 15) is 0 Å². The van der Waals surface area contributed by atoms with Crippen LogP contribution in [0.2, 0.25) is 0 Å². The van der Waals surface area contributed by atoms with Gasteiger partial charge in [0.1, 0.15) is 0 Å². The first kappa shape index (κ1) is 14.3. The molecule has 3 heteroatoms. The molecule has 0 aromatic rings. The third-order valence-electron chi connectivity index (χ3n) is 4.77. The van der Waals surface area contributed by atoms with E-state index in [0.29, 0.717) is 12.1 Å². The topological polar surface area (TPSA) is 32.5 Å². The monoisotopic (exact) mass is 253 g/mol. The molecular weight excluding hydrogens is 222 g/mol. The molecule has 2 unspecified atom stereocenters. The molecule has 0 saturated carbocycles. The molecule has 0 spiro atoms. The van der Waals surface area contributed by atoms with Crippen LogP contribution < -0.4 is 5.73 Å². The van der Waals surface area contributed by atoms with E-state index in [1.807, 2.05) is 0 Å². The molecule has 0 bridgehead atoms. The van der Waals surface area contributed by atoms with E-state index in [-0.39, 0.29) is 0 Å². The summed E-state index contributed by atoms with van der Waals surface area (Å²) in [5.74, 6) is 0. The Hall–Kier alpha value is -0.120. The molecule has 2 aliphatic rings. The zero-order valence-corrected chi connectivity index (χ0v) is 12.3. The molecule has 106 valence electrons. The smallest absolute Gasteiger partial charge is 0.0247 e. The van der Waals surface area contributed by atoms with E-state index < -0.39 is 0 Å². The van der Waals surface area contributed by atoms with Gasteiger partial charge in [-0.15, -0.1) is 0 Å². The summed E-state index contributed by atoms with van der Waals surface area (Å²) in [5, 5.41) is 0. The first-order chi connectivity index (χ1) is 8.72. The normalized spacial score (nSPS) is 30.5. The molecule has 0 aromatic heterocycles. The quantitative estimate of drug-likeness (QED) is 0.832. The van der Waals surface area contributed by atoms with Gasteiger partial charge in [0.05, 0.1) is 0 Å². The van der Waals surface area contributed by atoms with E-state index in [4.69, 9.17) is 5.73 Å². The second-order valence-electron chi connectivity index (χ2n) is 6.23. The van der Waals surface area contributed by atoms with Gasteiger partial charge in [-0.3, -0.25) is 4.90 Å². The zero-order chi connectivity index (χ0) is 13.0. The summed E-state index contributed by atoms with van der Waals surface area (Å²) in [6.07, 6.45) is 8.05. The highest BCUT2D eigenvalue weighted by Gasteiger charge is 2.32. The van der Waals surface area contributed by atoms with Crippen molar-refractivity contribution >= 4 is 0 Å². The molecule has 0 aliphatic carbocycles. The largest absolute Gasteiger partial charge is 0.327 e. The van der Waals surface area contributed by atoms with Gasteiger partial charge in [-0.05, 0) is 65.2 Å². The van der Waals surface area contributed by atoms with Gasteiger partial charge in [0.25, 0.3) is 0 Å². The molecule has 2 heterocycles. The van der Waals surface area contributed by atoms with Gasteiger partial charge in [0.15, 0.2) is 0 Å². The molecule has 2 rings (SSSR count). The third-order valence-corrected chi connectivity index (χ3v) is 4.77. The molecule has 2 fully saturated rings. The van der Waals surface area contributed by atoms with Crippen LogP contribution in [0.5, 0.6) is 0 Å². The summed E-state index contributed by atoms with van der Waals surface area (Å²) in [5.41, 5.74) is 6.19. The molecule has 0 amide bonds. The number of likely N-dealkylation sites (tertiary alicyclic amines) is 2.